The number of rotatable bonds is 1. The van der Waals surface area contributed by atoms with Gasteiger partial charge in [-0.3, -0.25) is 0 Å². The molecule has 1 saturated heterocycles. The lowest BCUT2D eigenvalue weighted by molar-refractivity contribution is 0.242. The molecule has 1 heterocycles. The van der Waals surface area contributed by atoms with Crippen molar-refractivity contribution in [2.75, 3.05) is 19.6 Å². The van der Waals surface area contributed by atoms with E-state index in [1.807, 2.05) is 0 Å². The van der Waals surface area contributed by atoms with Gasteiger partial charge in [0.1, 0.15) is 0 Å². The van der Waals surface area contributed by atoms with Crippen molar-refractivity contribution in [2.24, 2.45) is 0 Å². The Kier molecular flexibility index (Phi) is 2.71. The molecule has 1 fully saturated rings. The molecular weight excluding hydrogens is 140 g/mol. The zero-order valence-corrected chi connectivity index (χ0v) is 6.25. The van der Waals surface area contributed by atoms with Crippen LogP contribution in [0, 0.1) is 22.8 Å². The summed E-state index contributed by atoms with van der Waals surface area (Å²) in [6.07, 6.45) is 2.51. The lowest BCUT2D eigenvalue weighted by atomic mass is 10.1. The summed E-state index contributed by atoms with van der Waals surface area (Å²) >= 11 is 0. The van der Waals surface area contributed by atoms with Crippen LogP contribution in [0.1, 0.15) is 6.42 Å². The monoisotopic (exact) mass is 150 g/mol. The zero-order valence-electron chi connectivity index (χ0n) is 6.25. The van der Waals surface area contributed by atoms with Crippen LogP contribution in [0.25, 0.3) is 0 Å². The fourth-order valence-corrected chi connectivity index (χ4v) is 1.18. The van der Waals surface area contributed by atoms with Crippen LogP contribution in [0.4, 0.5) is 0 Å². The van der Waals surface area contributed by atoms with Crippen LogP contribution in [0.3, 0.4) is 0 Å². The summed E-state index contributed by atoms with van der Waals surface area (Å²) in [6, 6.07) is 2.15. The van der Waals surface area contributed by atoms with Crippen LogP contribution < -0.4 is 5.32 Å². The van der Waals surface area contributed by atoms with Crippen LogP contribution >= 0.6 is 0 Å². The molecule has 1 unspecified atom stereocenters. The van der Waals surface area contributed by atoms with Crippen LogP contribution in [0.15, 0.2) is 0 Å². The van der Waals surface area contributed by atoms with Crippen LogP contribution in [-0.4, -0.2) is 30.6 Å². The zero-order chi connectivity index (χ0) is 8.10. The van der Waals surface area contributed by atoms with Gasteiger partial charge in [-0.05, 0) is 0 Å². The van der Waals surface area contributed by atoms with Crippen molar-refractivity contribution in [3.05, 3.63) is 0 Å². The highest BCUT2D eigenvalue weighted by molar-refractivity contribution is 4.92. The van der Waals surface area contributed by atoms with E-state index in [0.717, 1.165) is 19.6 Å². The van der Waals surface area contributed by atoms with Gasteiger partial charge >= 0.3 is 0 Å². The predicted molar refractivity (Wildman–Crippen MR) is 39.2 cm³/mol. The third-order valence-electron chi connectivity index (χ3n) is 1.81. The van der Waals surface area contributed by atoms with Gasteiger partial charge in [0.2, 0.25) is 0 Å². The fraction of sp³-hybridized carbons (Fsp3) is 0.714. The lowest BCUT2D eigenvalue weighted by Crippen LogP contribution is -2.48. The summed E-state index contributed by atoms with van der Waals surface area (Å²) in [4.78, 5) is 1.67. The Bertz CT molecular complexity index is 199. The number of nitrogens with one attached hydrogen (secondary N) is 1. The molecule has 0 radical (unpaired) electrons. The van der Waals surface area contributed by atoms with Crippen molar-refractivity contribution in [3.8, 4) is 12.3 Å². The molecule has 1 rings (SSSR count). The van der Waals surface area contributed by atoms with E-state index in [1.54, 1.807) is 4.90 Å². The first-order valence-corrected chi connectivity index (χ1v) is 3.62. The first-order chi connectivity index (χ1) is 5.38. The van der Waals surface area contributed by atoms with Gasteiger partial charge in [-0.25, -0.2) is 0 Å². The maximum Gasteiger partial charge on any atom is 0.179 e. The van der Waals surface area contributed by atoms with Gasteiger partial charge in [-0.1, -0.05) is 0 Å². The van der Waals surface area contributed by atoms with Crippen molar-refractivity contribution >= 4 is 0 Å². The van der Waals surface area contributed by atoms with Crippen molar-refractivity contribution in [3.63, 3.8) is 0 Å². The Hall–Kier alpha value is -1.26. The molecule has 1 atom stereocenters. The second-order valence-electron chi connectivity index (χ2n) is 2.51. The standard InChI is InChI=1S/C7H10N4/c8-2-1-7-5-10-3-4-11(7)6-9/h7,10H,1,3-5H2. The molecule has 4 heteroatoms. The SMILES string of the molecule is N#CCC1CNCCN1C#N. The van der Waals surface area contributed by atoms with E-state index < -0.39 is 0 Å². The van der Waals surface area contributed by atoms with Gasteiger partial charge in [-0.2, -0.15) is 10.5 Å². The van der Waals surface area contributed by atoms with Crippen LogP contribution in [0.5, 0.6) is 0 Å². The van der Waals surface area contributed by atoms with Crippen LogP contribution in [0.2, 0.25) is 0 Å². The maximum atomic E-state index is 8.63. The van der Waals surface area contributed by atoms with E-state index >= 15 is 0 Å². The highest BCUT2D eigenvalue weighted by Gasteiger charge is 2.19. The van der Waals surface area contributed by atoms with E-state index in [1.165, 1.54) is 0 Å². The first kappa shape index (κ1) is 7.84. The Morgan fingerprint density at radius 2 is 2.36 bits per heavy atom. The van der Waals surface area contributed by atoms with Gasteiger partial charge < -0.3 is 10.2 Å². The molecule has 1 N–H and O–H groups in total. The fourth-order valence-electron chi connectivity index (χ4n) is 1.18. The average Bonchev–Trinajstić information content (AvgIpc) is 2.06. The maximum absolute atomic E-state index is 8.63. The summed E-state index contributed by atoms with van der Waals surface area (Å²) < 4.78 is 0. The van der Waals surface area contributed by atoms with E-state index in [2.05, 4.69) is 17.6 Å². The Balaban J connectivity index is 2.47. The van der Waals surface area contributed by atoms with Gasteiger partial charge in [0.25, 0.3) is 0 Å². The van der Waals surface area contributed by atoms with Gasteiger partial charge in [0, 0.05) is 19.6 Å². The minimum atomic E-state index is 0.0822. The average molecular weight is 150 g/mol. The summed E-state index contributed by atoms with van der Waals surface area (Å²) in [7, 11) is 0. The molecule has 0 spiro atoms. The molecule has 58 valence electrons. The molecule has 1 aliphatic heterocycles. The number of hydrogen-bond acceptors (Lipinski definition) is 4. The molecule has 11 heavy (non-hydrogen) atoms. The molecule has 4 nitrogen and oxygen atoms in total. The molecule has 0 amide bonds. The summed E-state index contributed by atoms with van der Waals surface area (Å²) in [5.41, 5.74) is 0. The number of piperazine rings is 1. The quantitative estimate of drug-likeness (QED) is 0.519. The largest absolute Gasteiger partial charge is 0.313 e. The van der Waals surface area contributed by atoms with Crippen molar-refractivity contribution in [1.29, 1.82) is 10.5 Å². The second-order valence-corrected chi connectivity index (χ2v) is 2.51. The number of nitriles is 2. The highest BCUT2D eigenvalue weighted by atomic mass is 15.2. The third-order valence-corrected chi connectivity index (χ3v) is 1.81. The highest BCUT2D eigenvalue weighted by Crippen LogP contribution is 2.04. The second kappa shape index (κ2) is 3.80. The Morgan fingerprint density at radius 1 is 1.55 bits per heavy atom. The molecule has 0 saturated carbocycles. The van der Waals surface area contributed by atoms with Crippen molar-refractivity contribution < 1.29 is 0 Å². The van der Waals surface area contributed by atoms with Crippen LogP contribution in [-0.2, 0) is 0 Å². The molecular formula is C7H10N4. The van der Waals surface area contributed by atoms with E-state index in [0.29, 0.717) is 6.42 Å². The smallest absolute Gasteiger partial charge is 0.179 e. The summed E-state index contributed by atoms with van der Waals surface area (Å²) in [5.74, 6) is 0. The Labute approximate surface area is 66.0 Å². The minimum Gasteiger partial charge on any atom is -0.313 e. The van der Waals surface area contributed by atoms with Gasteiger partial charge in [-0.15, -0.1) is 0 Å². The predicted octanol–water partition coefficient (Wildman–Crippen LogP) is -0.345. The minimum absolute atomic E-state index is 0.0822. The first-order valence-electron chi connectivity index (χ1n) is 3.62. The molecule has 0 aromatic rings. The summed E-state index contributed by atoms with van der Waals surface area (Å²) in [6.45, 7) is 2.32. The summed E-state index contributed by atoms with van der Waals surface area (Å²) in [5, 5.41) is 20.2. The molecule has 0 aromatic carbocycles. The topological polar surface area (TPSA) is 62.9 Å². The number of hydrogen-bond donors (Lipinski definition) is 1. The number of nitrogens with zero attached hydrogens (tertiary/aromatic N) is 3. The molecule has 1 aliphatic rings. The molecule has 0 bridgehead atoms. The van der Waals surface area contributed by atoms with Gasteiger partial charge in [0.05, 0.1) is 18.5 Å². The Morgan fingerprint density at radius 3 is 3.00 bits per heavy atom. The molecule has 0 aromatic heterocycles. The van der Waals surface area contributed by atoms with E-state index in [9.17, 15) is 0 Å². The van der Waals surface area contributed by atoms with Gasteiger partial charge in [0.15, 0.2) is 6.19 Å². The molecule has 0 aliphatic carbocycles. The van der Waals surface area contributed by atoms with E-state index in [4.69, 9.17) is 10.5 Å². The third kappa shape index (κ3) is 1.83. The van der Waals surface area contributed by atoms with Crippen molar-refractivity contribution in [1.82, 2.24) is 10.2 Å². The lowest BCUT2D eigenvalue weighted by Gasteiger charge is -2.30. The normalized spacial score (nSPS) is 23.8. The van der Waals surface area contributed by atoms with E-state index in [-0.39, 0.29) is 6.04 Å². The van der Waals surface area contributed by atoms with Crippen molar-refractivity contribution in [2.45, 2.75) is 12.5 Å².